The van der Waals surface area contributed by atoms with E-state index < -0.39 is 23.1 Å². The lowest BCUT2D eigenvalue weighted by molar-refractivity contribution is 0.0997. The molecule has 124 valence electrons. The minimum Gasteiger partial charge on any atom is -0.365 e. The Balaban J connectivity index is 0.00000192. The number of hydrogen-bond donors (Lipinski definition) is 3. The third-order valence-electron chi connectivity index (χ3n) is 3.84. The maximum Gasteiger partial charge on any atom is 0.253 e. The lowest BCUT2D eigenvalue weighted by atomic mass is 9.95. The molecule has 1 aromatic heterocycles. The Morgan fingerprint density at radius 2 is 2.04 bits per heavy atom. The summed E-state index contributed by atoms with van der Waals surface area (Å²) < 4.78 is 29.0. The van der Waals surface area contributed by atoms with E-state index in [2.05, 4.69) is 10.3 Å². The van der Waals surface area contributed by atoms with Gasteiger partial charge in [-0.15, -0.1) is 12.4 Å². The molecule has 8 heteroatoms. The van der Waals surface area contributed by atoms with Crippen LogP contribution in [0, 0.1) is 18.6 Å². The molecule has 23 heavy (non-hydrogen) atoms. The number of amides is 1. The molecule has 0 atom stereocenters. The summed E-state index contributed by atoms with van der Waals surface area (Å²) in [7, 11) is 0. The Morgan fingerprint density at radius 1 is 1.35 bits per heavy atom. The average molecular weight is 362 g/mol. The number of aryl methyl sites for hydroxylation is 1. The first-order valence-electron chi connectivity index (χ1n) is 6.82. The molecule has 1 aliphatic rings. The van der Waals surface area contributed by atoms with Crippen LogP contribution in [0.15, 0.2) is 6.08 Å². The van der Waals surface area contributed by atoms with Crippen LogP contribution in [-0.4, -0.2) is 24.0 Å². The van der Waals surface area contributed by atoms with Crippen LogP contribution in [0.25, 0.3) is 16.5 Å². The van der Waals surface area contributed by atoms with Crippen LogP contribution < -0.4 is 11.1 Å². The molecule has 0 saturated carbocycles. The second-order valence-corrected chi connectivity index (χ2v) is 5.63. The summed E-state index contributed by atoms with van der Waals surface area (Å²) in [5.41, 5.74) is 6.05. The zero-order valence-electron chi connectivity index (χ0n) is 12.2. The summed E-state index contributed by atoms with van der Waals surface area (Å²) in [6, 6.07) is 0. The molecule has 0 radical (unpaired) electrons. The van der Waals surface area contributed by atoms with Crippen LogP contribution in [0.5, 0.6) is 0 Å². The second-order valence-electron chi connectivity index (χ2n) is 5.25. The van der Waals surface area contributed by atoms with Crippen molar-refractivity contribution in [1.82, 2.24) is 10.3 Å². The molecule has 0 saturated heterocycles. The Morgan fingerprint density at radius 3 is 2.61 bits per heavy atom. The third kappa shape index (κ3) is 2.71. The van der Waals surface area contributed by atoms with Gasteiger partial charge in [0.15, 0.2) is 11.6 Å². The van der Waals surface area contributed by atoms with Gasteiger partial charge in [-0.3, -0.25) is 4.79 Å². The van der Waals surface area contributed by atoms with Crippen molar-refractivity contribution < 1.29 is 13.6 Å². The number of benzene rings is 1. The number of rotatable bonds is 2. The number of fused-ring (bicyclic) bond motifs is 1. The van der Waals surface area contributed by atoms with Gasteiger partial charge in [0, 0.05) is 23.2 Å². The SMILES string of the molecule is Cc1[nH]c2c(C(N)=O)c(F)c(F)c(C3=CCCNC3)c2c1Cl.Cl. The van der Waals surface area contributed by atoms with E-state index in [1.807, 2.05) is 6.08 Å². The molecular weight excluding hydrogens is 347 g/mol. The van der Waals surface area contributed by atoms with Gasteiger partial charge in [0.25, 0.3) is 5.91 Å². The molecule has 0 spiro atoms. The molecule has 4 nitrogen and oxygen atoms in total. The smallest absolute Gasteiger partial charge is 0.253 e. The van der Waals surface area contributed by atoms with Crippen LogP contribution in [0.3, 0.4) is 0 Å². The summed E-state index contributed by atoms with van der Waals surface area (Å²) >= 11 is 6.25. The summed E-state index contributed by atoms with van der Waals surface area (Å²) in [5.74, 6) is -3.39. The molecular formula is C15H15Cl2F2N3O. The number of aromatic amines is 1. The molecule has 2 aromatic rings. The monoisotopic (exact) mass is 361 g/mol. The zero-order chi connectivity index (χ0) is 16.0. The fraction of sp³-hybridized carbons (Fsp3) is 0.267. The van der Waals surface area contributed by atoms with Gasteiger partial charge in [-0.25, -0.2) is 8.78 Å². The highest BCUT2D eigenvalue weighted by Gasteiger charge is 2.28. The van der Waals surface area contributed by atoms with Crippen LogP contribution in [-0.2, 0) is 0 Å². The van der Waals surface area contributed by atoms with Crippen LogP contribution >= 0.6 is 24.0 Å². The molecule has 0 bridgehead atoms. The predicted molar refractivity (Wildman–Crippen MR) is 89.2 cm³/mol. The number of H-pyrrole nitrogens is 1. The summed E-state index contributed by atoms with van der Waals surface area (Å²) in [5, 5.41) is 3.66. The number of primary amides is 1. The molecule has 1 aliphatic heterocycles. The average Bonchev–Trinajstić information content (AvgIpc) is 2.77. The fourth-order valence-corrected chi connectivity index (χ4v) is 3.07. The van der Waals surface area contributed by atoms with Gasteiger partial charge in [-0.2, -0.15) is 0 Å². The molecule has 3 rings (SSSR count). The lowest BCUT2D eigenvalue weighted by Crippen LogP contribution is -2.23. The quantitative estimate of drug-likeness (QED) is 0.767. The number of hydrogen-bond acceptors (Lipinski definition) is 2. The van der Waals surface area contributed by atoms with Gasteiger partial charge in [-0.05, 0) is 25.5 Å². The molecule has 0 fully saturated rings. The minimum atomic E-state index is -1.25. The van der Waals surface area contributed by atoms with E-state index in [1.54, 1.807) is 6.92 Å². The van der Waals surface area contributed by atoms with Crippen LogP contribution in [0.4, 0.5) is 8.78 Å². The summed E-state index contributed by atoms with van der Waals surface area (Å²) in [6.45, 7) is 2.85. The van der Waals surface area contributed by atoms with E-state index in [0.29, 0.717) is 29.6 Å². The van der Waals surface area contributed by atoms with Crippen LogP contribution in [0.1, 0.15) is 28.0 Å². The second kappa shape index (κ2) is 6.47. The number of nitrogens with one attached hydrogen (secondary N) is 2. The number of aromatic nitrogens is 1. The van der Waals surface area contributed by atoms with Crippen molar-refractivity contribution in [2.24, 2.45) is 5.73 Å². The van der Waals surface area contributed by atoms with Gasteiger partial charge < -0.3 is 16.0 Å². The normalized spacial score (nSPS) is 14.5. The Hall–Kier alpha value is -1.63. The maximum absolute atomic E-state index is 14.6. The highest BCUT2D eigenvalue weighted by Crippen LogP contribution is 2.39. The minimum absolute atomic E-state index is 0. The topological polar surface area (TPSA) is 70.9 Å². The van der Waals surface area contributed by atoms with Crippen molar-refractivity contribution in [3.63, 3.8) is 0 Å². The van der Waals surface area contributed by atoms with Gasteiger partial charge in [0.1, 0.15) is 5.56 Å². The standard InChI is InChI=1S/C15H14ClF2N3O.ClH/c1-6-11(16)9-8(7-3-2-4-20-5-7)12(17)13(18)10(15(19)22)14(9)21-6;/h3,20-21H,2,4-5H2,1H3,(H2,19,22);1H. The first-order chi connectivity index (χ1) is 10.4. The number of carbonyl (C=O) groups excluding carboxylic acids is 1. The first kappa shape index (κ1) is 17.7. The highest BCUT2D eigenvalue weighted by molar-refractivity contribution is 6.37. The molecule has 2 heterocycles. The summed E-state index contributed by atoms with van der Waals surface area (Å²) in [4.78, 5) is 14.4. The largest absolute Gasteiger partial charge is 0.365 e. The number of nitrogens with two attached hydrogens (primary N) is 1. The molecule has 0 unspecified atom stereocenters. The van der Waals surface area contributed by atoms with Crippen molar-refractivity contribution in [1.29, 1.82) is 0 Å². The van der Waals surface area contributed by atoms with Crippen molar-refractivity contribution in [3.8, 4) is 0 Å². The highest BCUT2D eigenvalue weighted by atomic mass is 35.5. The van der Waals surface area contributed by atoms with Gasteiger partial charge >= 0.3 is 0 Å². The van der Waals surface area contributed by atoms with E-state index in [9.17, 15) is 13.6 Å². The molecule has 1 amide bonds. The van der Waals surface area contributed by atoms with Gasteiger partial charge in [0.05, 0.1) is 10.5 Å². The van der Waals surface area contributed by atoms with Crippen molar-refractivity contribution in [3.05, 3.63) is 39.6 Å². The Bertz CT molecular complexity index is 830. The first-order valence-corrected chi connectivity index (χ1v) is 7.20. The van der Waals surface area contributed by atoms with Crippen molar-refractivity contribution in [2.45, 2.75) is 13.3 Å². The van der Waals surface area contributed by atoms with Gasteiger partial charge in [-0.1, -0.05) is 17.7 Å². The molecule has 1 aromatic carbocycles. The van der Waals surface area contributed by atoms with Crippen molar-refractivity contribution in [2.75, 3.05) is 13.1 Å². The zero-order valence-corrected chi connectivity index (χ0v) is 13.8. The molecule has 0 aliphatic carbocycles. The predicted octanol–water partition coefficient (Wildman–Crippen LogP) is 3.31. The van der Waals surface area contributed by atoms with E-state index in [4.69, 9.17) is 17.3 Å². The summed E-state index contributed by atoms with van der Waals surface area (Å²) in [6.07, 6.45) is 2.55. The van der Waals surface area contributed by atoms with E-state index in [1.165, 1.54) is 0 Å². The fourth-order valence-electron chi connectivity index (χ4n) is 2.83. The van der Waals surface area contributed by atoms with Crippen LogP contribution in [0.2, 0.25) is 5.02 Å². The van der Waals surface area contributed by atoms with Crippen molar-refractivity contribution >= 4 is 46.4 Å². The van der Waals surface area contributed by atoms with E-state index in [-0.39, 0.29) is 28.5 Å². The number of carbonyl (C=O) groups is 1. The molecule has 4 N–H and O–H groups in total. The van der Waals surface area contributed by atoms with Gasteiger partial charge in [0.2, 0.25) is 0 Å². The van der Waals surface area contributed by atoms with E-state index >= 15 is 0 Å². The maximum atomic E-state index is 14.6. The third-order valence-corrected chi connectivity index (χ3v) is 4.31. The van der Waals surface area contributed by atoms with E-state index in [0.717, 1.165) is 6.54 Å². The lowest BCUT2D eigenvalue weighted by Gasteiger charge is -2.17. The Labute approximate surface area is 142 Å². The number of halogens is 4. The Kier molecular flexibility index (Phi) is 4.98.